The molecule has 2 saturated heterocycles. The number of rotatable bonds is 0. The van der Waals surface area contributed by atoms with Gasteiger partial charge in [-0.1, -0.05) is 13.8 Å². The molecule has 0 aromatic heterocycles. The smallest absolute Gasteiger partial charge is 0.315 e. The van der Waals surface area contributed by atoms with Crippen LogP contribution >= 0.6 is 0 Å². The third-order valence-corrected chi connectivity index (χ3v) is 8.99. The lowest BCUT2D eigenvalue weighted by molar-refractivity contribution is -0.267. The molecule has 2 aliphatic heterocycles. The van der Waals surface area contributed by atoms with E-state index in [-0.39, 0.29) is 23.9 Å². The fourth-order valence-electron chi connectivity index (χ4n) is 7.93. The Balaban J connectivity index is 1.73. The van der Waals surface area contributed by atoms with E-state index in [4.69, 9.17) is 9.47 Å². The number of carbonyl (C=O) groups excluding carboxylic acids is 1. The van der Waals surface area contributed by atoms with E-state index in [2.05, 4.69) is 13.8 Å². The summed E-state index contributed by atoms with van der Waals surface area (Å²) in [7, 11) is 0. The SMILES string of the molecule is CC1(C)CC[C@@H]2OC(=O)[C@@]34C[C@@H](C[C@H](O)[C@H]3[C@]23CO[C@@H](O)[C@H]13)[C@](C)(O)[C@H]4O. The Morgan fingerprint density at radius 3 is 2.52 bits per heavy atom. The van der Waals surface area contributed by atoms with Gasteiger partial charge in [-0.2, -0.15) is 0 Å². The van der Waals surface area contributed by atoms with Crippen molar-refractivity contribution in [2.24, 2.45) is 34.0 Å². The van der Waals surface area contributed by atoms with Crippen molar-refractivity contribution in [3.8, 4) is 0 Å². The van der Waals surface area contributed by atoms with E-state index in [0.717, 1.165) is 6.42 Å². The Kier molecular flexibility index (Phi) is 3.43. The van der Waals surface area contributed by atoms with Gasteiger partial charge in [0, 0.05) is 17.3 Å². The van der Waals surface area contributed by atoms with Gasteiger partial charge in [-0.3, -0.25) is 4.79 Å². The van der Waals surface area contributed by atoms with Crippen LogP contribution in [-0.2, 0) is 14.3 Å². The zero-order valence-electron chi connectivity index (χ0n) is 16.1. The lowest BCUT2D eigenvalue weighted by atomic mass is 9.43. The summed E-state index contributed by atoms with van der Waals surface area (Å²) in [5.41, 5.74) is -3.85. The van der Waals surface area contributed by atoms with Crippen molar-refractivity contribution in [1.29, 1.82) is 0 Å². The first-order valence-electron chi connectivity index (χ1n) is 10.1. The molecule has 0 aromatic carbocycles. The molecule has 2 spiro atoms. The fourth-order valence-corrected chi connectivity index (χ4v) is 7.93. The molecule has 0 amide bonds. The highest BCUT2D eigenvalue weighted by Crippen LogP contribution is 2.72. The highest BCUT2D eigenvalue weighted by Gasteiger charge is 2.81. The molecule has 4 N–H and O–H groups in total. The Bertz CT molecular complexity index is 690. The van der Waals surface area contributed by atoms with E-state index in [9.17, 15) is 25.2 Å². The third kappa shape index (κ3) is 1.84. The number of esters is 1. The van der Waals surface area contributed by atoms with E-state index in [0.29, 0.717) is 19.3 Å². The van der Waals surface area contributed by atoms with Gasteiger partial charge in [0.1, 0.15) is 11.5 Å². The molecule has 2 bridgehead atoms. The lowest BCUT2D eigenvalue weighted by Crippen LogP contribution is -2.71. The van der Waals surface area contributed by atoms with Crippen molar-refractivity contribution in [2.75, 3.05) is 6.61 Å². The van der Waals surface area contributed by atoms with Crippen LogP contribution < -0.4 is 0 Å². The summed E-state index contributed by atoms with van der Waals surface area (Å²) in [5.74, 6) is -1.82. The van der Waals surface area contributed by atoms with Gasteiger partial charge in [-0.15, -0.1) is 0 Å². The van der Waals surface area contributed by atoms with Crippen LogP contribution in [0.2, 0.25) is 0 Å². The average Bonchev–Trinajstić information content (AvgIpc) is 3.00. The maximum atomic E-state index is 13.2. The molecule has 5 aliphatic rings. The highest BCUT2D eigenvalue weighted by atomic mass is 16.6. The number of carbonyl (C=O) groups is 1. The molecule has 5 rings (SSSR count). The van der Waals surface area contributed by atoms with Gasteiger partial charge in [-0.25, -0.2) is 0 Å². The number of ether oxygens (including phenoxy) is 2. The summed E-state index contributed by atoms with van der Waals surface area (Å²) in [4.78, 5) is 13.2. The first-order valence-corrected chi connectivity index (χ1v) is 10.1. The van der Waals surface area contributed by atoms with Crippen molar-refractivity contribution < 1.29 is 34.7 Å². The van der Waals surface area contributed by atoms with E-state index in [1.165, 1.54) is 0 Å². The summed E-state index contributed by atoms with van der Waals surface area (Å²) in [6.45, 7) is 5.89. The van der Waals surface area contributed by atoms with Crippen molar-refractivity contribution >= 4 is 5.97 Å². The Morgan fingerprint density at radius 2 is 1.81 bits per heavy atom. The van der Waals surface area contributed by atoms with E-state index < -0.39 is 52.9 Å². The normalized spacial score (nSPS) is 61.0. The number of aliphatic hydroxyl groups is 4. The van der Waals surface area contributed by atoms with Crippen LogP contribution in [0.15, 0.2) is 0 Å². The van der Waals surface area contributed by atoms with Crippen molar-refractivity contribution in [1.82, 2.24) is 0 Å². The molecule has 0 radical (unpaired) electrons. The molecular formula is C20H30O7. The maximum Gasteiger partial charge on any atom is 0.315 e. The first kappa shape index (κ1) is 18.3. The van der Waals surface area contributed by atoms with Crippen molar-refractivity contribution in [3.63, 3.8) is 0 Å². The van der Waals surface area contributed by atoms with Gasteiger partial charge in [0.15, 0.2) is 6.29 Å². The van der Waals surface area contributed by atoms with E-state index in [1.54, 1.807) is 6.92 Å². The number of hydrogen-bond acceptors (Lipinski definition) is 7. The number of hydrogen-bond donors (Lipinski definition) is 4. The first-order chi connectivity index (χ1) is 12.5. The lowest BCUT2D eigenvalue weighted by Gasteiger charge is -2.63. The Morgan fingerprint density at radius 1 is 1.11 bits per heavy atom. The second kappa shape index (κ2) is 5.05. The second-order valence-electron chi connectivity index (χ2n) is 10.6. The van der Waals surface area contributed by atoms with Crippen molar-refractivity contribution in [3.05, 3.63) is 0 Å². The molecule has 10 atom stereocenters. The molecule has 0 aromatic rings. The monoisotopic (exact) mass is 382 g/mol. The minimum absolute atomic E-state index is 0.184. The highest BCUT2D eigenvalue weighted by molar-refractivity contribution is 5.81. The molecule has 3 saturated carbocycles. The van der Waals surface area contributed by atoms with Crippen LogP contribution in [0.25, 0.3) is 0 Å². The van der Waals surface area contributed by atoms with Crippen LogP contribution in [0.5, 0.6) is 0 Å². The largest absolute Gasteiger partial charge is 0.461 e. The van der Waals surface area contributed by atoms with Crippen LogP contribution in [0.3, 0.4) is 0 Å². The second-order valence-corrected chi connectivity index (χ2v) is 10.6. The van der Waals surface area contributed by atoms with Gasteiger partial charge in [0.25, 0.3) is 0 Å². The average molecular weight is 382 g/mol. The molecule has 3 aliphatic carbocycles. The standard InChI is InChI=1S/C20H30O7/c1-17(2)5-4-11-20(8-26-14(22)13(17)20)12-10(21)6-9-7-19(12,16(24)27-11)15(23)18(9,3)25/h9-15,21-23,25H,4-8H2,1-3H3/t9-,10+,11+,12-,13-,14-,15-,18+,19+,20+/m1/s1. The van der Waals surface area contributed by atoms with Gasteiger partial charge in [0.05, 0.1) is 24.4 Å². The van der Waals surface area contributed by atoms with Crippen LogP contribution in [0, 0.1) is 34.0 Å². The number of aliphatic hydroxyl groups excluding tert-OH is 3. The molecule has 152 valence electrons. The molecule has 7 nitrogen and oxygen atoms in total. The minimum atomic E-state index is -1.46. The Hall–Kier alpha value is -0.730. The fraction of sp³-hybridized carbons (Fsp3) is 0.950. The quantitative estimate of drug-likeness (QED) is 0.442. The molecule has 2 heterocycles. The van der Waals surface area contributed by atoms with E-state index in [1.807, 2.05) is 0 Å². The molecular weight excluding hydrogens is 352 g/mol. The zero-order valence-corrected chi connectivity index (χ0v) is 16.1. The molecule has 7 heteroatoms. The molecule has 0 unspecified atom stereocenters. The summed E-state index contributed by atoms with van der Waals surface area (Å²) in [6, 6.07) is 0. The summed E-state index contributed by atoms with van der Waals surface area (Å²) in [5, 5.41) is 44.0. The van der Waals surface area contributed by atoms with Crippen LogP contribution in [0.4, 0.5) is 0 Å². The zero-order chi connectivity index (χ0) is 19.6. The summed E-state index contributed by atoms with van der Waals surface area (Å²) >= 11 is 0. The van der Waals surface area contributed by atoms with Crippen LogP contribution in [0.1, 0.15) is 46.5 Å². The summed E-state index contributed by atoms with van der Waals surface area (Å²) < 4.78 is 11.7. The topological polar surface area (TPSA) is 116 Å². The predicted octanol–water partition coefficient (Wildman–Crippen LogP) is 0.182. The van der Waals surface area contributed by atoms with Gasteiger partial charge in [-0.05, 0) is 43.9 Å². The van der Waals surface area contributed by atoms with Gasteiger partial charge in [0.2, 0.25) is 0 Å². The van der Waals surface area contributed by atoms with Gasteiger partial charge < -0.3 is 29.9 Å². The van der Waals surface area contributed by atoms with Crippen LogP contribution in [-0.4, -0.2) is 63.2 Å². The Labute approximate surface area is 158 Å². The van der Waals surface area contributed by atoms with E-state index >= 15 is 0 Å². The molecule has 5 fully saturated rings. The predicted molar refractivity (Wildman–Crippen MR) is 92.1 cm³/mol. The van der Waals surface area contributed by atoms with Gasteiger partial charge >= 0.3 is 5.97 Å². The number of fused-ring (bicyclic) bond motifs is 1. The maximum absolute atomic E-state index is 13.2. The summed E-state index contributed by atoms with van der Waals surface area (Å²) in [6.07, 6.45) is -1.62. The minimum Gasteiger partial charge on any atom is -0.461 e. The third-order valence-electron chi connectivity index (χ3n) is 8.99. The van der Waals surface area contributed by atoms with Crippen molar-refractivity contribution in [2.45, 2.75) is 76.7 Å². The molecule has 27 heavy (non-hydrogen) atoms.